The zero-order chi connectivity index (χ0) is 21.0. The van der Waals surface area contributed by atoms with Crippen molar-refractivity contribution in [3.05, 3.63) is 41.0 Å². The predicted octanol–water partition coefficient (Wildman–Crippen LogP) is 3.90. The minimum absolute atomic E-state index is 0.0199. The molecule has 0 unspecified atom stereocenters. The van der Waals surface area contributed by atoms with Crippen LogP contribution in [-0.4, -0.2) is 53.7 Å². The summed E-state index contributed by atoms with van der Waals surface area (Å²) in [6.45, 7) is 2.40. The number of benzene rings is 1. The smallest absolute Gasteiger partial charge is 0.396 e. The molecule has 1 aromatic rings. The van der Waals surface area contributed by atoms with Crippen molar-refractivity contribution in [1.82, 2.24) is 9.80 Å². The molecule has 1 N–H and O–H groups in total. The molecule has 2 amide bonds. The summed E-state index contributed by atoms with van der Waals surface area (Å²) in [5.74, 6) is 0.261. The van der Waals surface area contributed by atoms with E-state index < -0.39 is 11.7 Å². The Morgan fingerprint density at radius 3 is 2.10 bits per heavy atom. The number of rotatable bonds is 2. The van der Waals surface area contributed by atoms with Crippen LogP contribution in [0, 0.1) is 17.2 Å². The van der Waals surface area contributed by atoms with Crippen LogP contribution in [-0.2, 0) is 6.18 Å². The summed E-state index contributed by atoms with van der Waals surface area (Å²) in [6.07, 6.45) is -1.75. The molecule has 0 atom stereocenters. The normalized spacial score (nSPS) is 18.5. The number of likely N-dealkylation sites (tertiary alicyclic amines) is 2. The van der Waals surface area contributed by atoms with Gasteiger partial charge in [-0.25, -0.2) is 4.79 Å². The highest BCUT2D eigenvalue weighted by molar-refractivity contribution is 5.80. The van der Waals surface area contributed by atoms with Crippen LogP contribution in [0.1, 0.15) is 36.8 Å². The van der Waals surface area contributed by atoms with Crippen LogP contribution in [0.3, 0.4) is 0 Å². The predicted molar refractivity (Wildman–Crippen MR) is 102 cm³/mol. The van der Waals surface area contributed by atoms with E-state index in [1.165, 1.54) is 12.1 Å². The van der Waals surface area contributed by atoms with Gasteiger partial charge in [-0.1, -0.05) is 12.1 Å². The molecule has 0 saturated carbocycles. The molecule has 0 radical (unpaired) electrons. The van der Waals surface area contributed by atoms with E-state index in [9.17, 15) is 28.3 Å². The van der Waals surface area contributed by atoms with Gasteiger partial charge >= 0.3 is 12.2 Å². The number of urea groups is 1. The molecule has 3 rings (SSSR count). The third-order valence-electron chi connectivity index (χ3n) is 5.75. The van der Waals surface area contributed by atoms with Gasteiger partial charge in [0.2, 0.25) is 0 Å². The number of halogens is 3. The SMILES string of the molecule is N#CC(=C1CCN(C(=O)N2CCC(CO)CC2)CC1)c1ccc(C(F)(F)F)cc1. The van der Waals surface area contributed by atoms with Crippen LogP contribution in [0.15, 0.2) is 29.8 Å². The number of amides is 2. The van der Waals surface area contributed by atoms with Crippen molar-refractivity contribution in [2.24, 2.45) is 5.92 Å². The van der Waals surface area contributed by atoms with Gasteiger partial charge in [0.15, 0.2) is 0 Å². The number of carbonyl (C=O) groups is 1. The van der Waals surface area contributed by atoms with Crippen LogP contribution in [0.4, 0.5) is 18.0 Å². The van der Waals surface area contributed by atoms with E-state index in [4.69, 9.17) is 0 Å². The fourth-order valence-electron chi connectivity index (χ4n) is 3.90. The Hall–Kier alpha value is -2.53. The maximum absolute atomic E-state index is 12.7. The molecule has 0 aliphatic carbocycles. The fourth-order valence-corrected chi connectivity index (χ4v) is 3.90. The average Bonchev–Trinajstić information content (AvgIpc) is 2.74. The summed E-state index contributed by atoms with van der Waals surface area (Å²) < 4.78 is 38.2. The van der Waals surface area contributed by atoms with Crippen LogP contribution in [0.5, 0.6) is 0 Å². The van der Waals surface area contributed by atoms with Gasteiger partial charge in [0.05, 0.1) is 17.2 Å². The summed E-state index contributed by atoms with van der Waals surface area (Å²) in [5, 5.41) is 18.8. The molecule has 2 aliphatic rings. The molecule has 1 aromatic carbocycles. The molecule has 29 heavy (non-hydrogen) atoms. The number of hydrogen-bond acceptors (Lipinski definition) is 3. The molecule has 8 heteroatoms. The van der Waals surface area contributed by atoms with Gasteiger partial charge in [-0.15, -0.1) is 0 Å². The Bertz CT molecular complexity index is 794. The van der Waals surface area contributed by atoms with E-state index >= 15 is 0 Å². The summed E-state index contributed by atoms with van der Waals surface area (Å²) >= 11 is 0. The zero-order valence-electron chi connectivity index (χ0n) is 16.1. The van der Waals surface area contributed by atoms with E-state index in [1.54, 1.807) is 4.90 Å². The molecule has 2 heterocycles. The average molecular weight is 407 g/mol. The minimum Gasteiger partial charge on any atom is -0.396 e. The quantitative estimate of drug-likeness (QED) is 0.756. The molecule has 2 saturated heterocycles. The summed E-state index contributed by atoms with van der Waals surface area (Å²) in [4.78, 5) is 16.3. The number of allylic oxidation sites excluding steroid dienone is 1. The monoisotopic (exact) mass is 407 g/mol. The van der Waals surface area contributed by atoms with Crippen molar-refractivity contribution < 1.29 is 23.1 Å². The number of nitriles is 1. The number of carbonyl (C=O) groups excluding carboxylic acids is 1. The number of nitrogens with zero attached hydrogens (tertiary/aromatic N) is 3. The van der Waals surface area contributed by atoms with Crippen molar-refractivity contribution in [3.63, 3.8) is 0 Å². The highest BCUT2D eigenvalue weighted by atomic mass is 19.4. The Labute approximate surface area is 168 Å². The van der Waals surface area contributed by atoms with Crippen molar-refractivity contribution >= 4 is 11.6 Å². The number of alkyl halides is 3. The second kappa shape index (κ2) is 8.87. The van der Waals surface area contributed by atoms with Gasteiger partial charge in [0.25, 0.3) is 0 Å². The maximum Gasteiger partial charge on any atom is 0.416 e. The van der Waals surface area contributed by atoms with Gasteiger partial charge in [-0.05, 0) is 54.9 Å². The van der Waals surface area contributed by atoms with E-state index in [0.29, 0.717) is 50.2 Å². The van der Waals surface area contributed by atoms with E-state index in [2.05, 4.69) is 6.07 Å². The van der Waals surface area contributed by atoms with Crippen molar-refractivity contribution in [3.8, 4) is 6.07 Å². The van der Waals surface area contributed by atoms with E-state index in [0.717, 1.165) is 30.5 Å². The van der Waals surface area contributed by atoms with Crippen LogP contribution < -0.4 is 0 Å². The van der Waals surface area contributed by atoms with Gasteiger partial charge in [-0.2, -0.15) is 18.4 Å². The molecule has 0 spiro atoms. The molecule has 2 aliphatic heterocycles. The number of piperidine rings is 2. The molecule has 156 valence electrons. The summed E-state index contributed by atoms with van der Waals surface area (Å²) in [6, 6.07) is 6.74. The van der Waals surface area contributed by atoms with Crippen LogP contribution in [0.25, 0.3) is 5.57 Å². The Kier molecular flexibility index (Phi) is 6.48. The van der Waals surface area contributed by atoms with Crippen molar-refractivity contribution in [2.45, 2.75) is 31.9 Å². The van der Waals surface area contributed by atoms with E-state index in [-0.39, 0.29) is 18.6 Å². The Morgan fingerprint density at radius 2 is 1.62 bits per heavy atom. The highest BCUT2D eigenvalue weighted by Gasteiger charge is 2.31. The second-order valence-corrected chi connectivity index (χ2v) is 7.55. The first kappa shape index (κ1) is 21.2. The van der Waals surface area contributed by atoms with Crippen molar-refractivity contribution in [1.29, 1.82) is 5.26 Å². The summed E-state index contributed by atoms with van der Waals surface area (Å²) in [5.41, 5.74) is 1.00. The van der Waals surface area contributed by atoms with Gasteiger partial charge in [0, 0.05) is 32.8 Å². The first-order valence-electron chi connectivity index (χ1n) is 9.78. The van der Waals surface area contributed by atoms with Gasteiger partial charge in [0.1, 0.15) is 0 Å². The zero-order valence-corrected chi connectivity index (χ0v) is 16.1. The lowest BCUT2D eigenvalue weighted by Gasteiger charge is -2.37. The number of hydrogen-bond donors (Lipinski definition) is 1. The van der Waals surface area contributed by atoms with Crippen LogP contribution in [0.2, 0.25) is 0 Å². The van der Waals surface area contributed by atoms with Crippen LogP contribution >= 0.6 is 0 Å². The summed E-state index contributed by atoms with van der Waals surface area (Å²) in [7, 11) is 0. The minimum atomic E-state index is -4.41. The molecule has 0 bridgehead atoms. The molecule has 5 nitrogen and oxygen atoms in total. The van der Waals surface area contributed by atoms with Gasteiger partial charge < -0.3 is 14.9 Å². The highest BCUT2D eigenvalue weighted by Crippen LogP contribution is 2.32. The third-order valence-corrected chi connectivity index (χ3v) is 5.75. The first-order chi connectivity index (χ1) is 13.8. The second-order valence-electron chi connectivity index (χ2n) is 7.55. The maximum atomic E-state index is 12.7. The number of aliphatic hydroxyl groups excluding tert-OH is 1. The topological polar surface area (TPSA) is 67.6 Å². The molecule has 2 fully saturated rings. The molecule has 0 aromatic heterocycles. The van der Waals surface area contributed by atoms with E-state index in [1.807, 2.05) is 4.90 Å². The lowest BCUT2D eigenvalue weighted by molar-refractivity contribution is -0.137. The molecular weight excluding hydrogens is 383 g/mol. The third kappa shape index (κ3) is 4.91. The Balaban J connectivity index is 1.64. The standard InChI is InChI=1S/C21H24F3N3O2/c22-21(23,24)18-3-1-16(2-4-18)19(13-25)17-7-11-27(12-8-17)20(29)26-9-5-15(14-28)6-10-26/h1-4,15,28H,5-12,14H2. The number of aliphatic hydroxyl groups is 1. The van der Waals surface area contributed by atoms with Crippen molar-refractivity contribution in [2.75, 3.05) is 32.8 Å². The first-order valence-corrected chi connectivity index (χ1v) is 9.78. The Morgan fingerprint density at radius 1 is 1.07 bits per heavy atom. The molecular formula is C21H24F3N3O2. The fraction of sp³-hybridized carbons (Fsp3) is 0.524. The van der Waals surface area contributed by atoms with Gasteiger partial charge in [-0.3, -0.25) is 0 Å². The lowest BCUT2D eigenvalue weighted by atomic mass is 9.93. The lowest BCUT2D eigenvalue weighted by Crippen LogP contribution is -2.48. The largest absolute Gasteiger partial charge is 0.416 e.